The second-order valence-electron chi connectivity index (χ2n) is 4.83. The Morgan fingerprint density at radius 2 is 2.14 bits per heavy atom. The Kier molecular flexibility index (Phi) is 9.80. The average molecular weight is 315 g/mol. The first-order valence-electron chi connectivity index (χ1n) is 7.65. The van der Waals surface area contributed by atoms with Gasteiger partial charge in [-0.2, -0.15) is 10.6 Å². The number of amides is 1. The van der Waals surface area contributed by atoms with Crippen molar-refractivity contribution < 1.29 is 18.9 Å². The summed E-state index contributed by atoms with van der Waals surface area (Å²) in [5.41, 5.74) is 2.44. The summed E-state index contributed by atoms with van der Waals surface area (Å²) in [6, 6.07) is 1.36. The summed E-state index contributed by atoms with van der Waals surface area (Å²) >= 11 is 0. The third kappa shape index (κ3) is 9.19. The van der Waals surface area contributed by atoms with E-state index in [0.717, 1.165) is 32.1 Å². The van der Waals surface area contributed by atoms with E-state index >= 15 is 0 Å². The van der Waals surface area contributed by atoms with Gasteiger partial charge in [-0.1, -0.05) is 13.3 Å². The molecule has 1 aromatic heterocycles. The number of ether oxygens (including phenoxy) is 1. The van der Waals surface area contributed by atoms with Gasteiger partial charge in [0.05, 0.1) is 19.8 Å². The van der Waals surface area contributed by atoms with Crippen molar-refractivity contribution in [2.45, 2.75) is 45.6 Å². The minimum atomic E-state index is -0.348. The van der Waals surface area contributed by atoms with Crippen LogP contribution in [0.3, 0.4) is 0 Å². The molecule has 0 spiro atoms. The van der Waals surface area contributed by atoms with Crippen LogP contribution in [0.5, 0.6) is 0 Å². The first-order valence-corrected chi connectivity index (χ1v) is 7.65. The summed E-state index contributed by atoms with van der Waals surface area (Å²) in [7, 11) is 0. The zero-order chi connectivity index (χ0) is 16.0. The molecular formula is C14H25N3O5. The first kappa shape index (κ1) is 18.2. The van der Waals surface area contributed by atoms with Gasteiger partial charge in [0, 0.05) is 12.6 Å². The molecule has 0 saturated heterocycles. The van der Waals surface area contributed by atoms with Crippen LogP contribution in [0.15, 0.2) is 15.4 Å². The van der Waals surface area contributed by atoms with Crippen molar-refractivity contribution in [2.75, 3.05) is 19.8 Å². The van der Waals surface area contributed by atoms with E-state index in [0.29, 0.717) is 32.1 Å². The summed E-state index contributed by atoms with van der Waals surface area (Å²) in [6.45, 7) is 4.02. The fourth-order valence-electron chi connectivity index (χ4n) is 1.63. The highest BCUT2D eigenvalue weighted by Gasteiger charge is 2.00. The Hall–Kier alpha value is -1.80. The summed E-state index contributed by atoms with van der Waals surface area (Å²) in [4.78, 5) is 27.2. The fourth-order valence-corrected chi connectivity index (χ4v) is 1.63. The third-order valence-electron chi connectivity index (χ3n) is 2.85. The highest BCUT2D eigenvalue weighted by Crippen LogP contribution is 1.96. The summed E-state index contributed by atoms with van der Waals surface area (Å²) in [5, 5.41) is 4.90. The molecule has 1 rings (SSSR count). The molecule has 0 unspecified atom stereocenters. The van der Waals surface area contributed by atoms with E-state index in [9.17, 15) is 9.59 Å². The lowest BCUT2D eigenvalue weighted by Crippen LogP contribution is -2.25. The zero-order valence-electron chi connectivity index (χ0n) is 13.0. The van der Waals surface area contributed by atoms with Crippen LogP contribution in [-0.2, 0) is 16.1 Å². The molecule has 1 aromatic rings. The number of rotatable bonds is 12. The topological polar surface area (TPSA) is 106 Å². The van der Waals surface area contributed by atoms with Crippen molar-refractivity contribution in [1.82, 2.24) is 16.0 Å². The van der Waals surface area contributed by atoms with Crippen LogP contribution in [-0.4, -0.2) is 31.0 Å². The number of hydroxylamine groups is 1. The molecule has 22 heavy (non-hydrogen) atoms. The quantitative estimate of drug-likeness (QED) is 0.400. The molecule has 8 heteroatoms. The highest BCUT2D eigenvalue weighted by molar-refractivity contribution is 5.66. The number of nitrogens with one attached hydrogen (secondary N) is 3. The van der Waals surface area contributed by atoms with Crippen LogP contribution in [0, 0.1) is 0 Å². The molecule has 0 fully saturated rings. The van der Waals surface area contributed by atoms with E-state index in [4.69, 9.17) is 14.1 Å². The molecule has 0 bridgehead atoms. The van der Waals surface area contributed by atoms with Crippen molar-refractivity contribution in [3.8, 4) is 0 Å². The molecule has 126 valence electrons. The van der Waals surface area contributed by atoms with Crippen molar-refractivity contribution in [3.05, 3.63) is 22.2 Å². The minimum Gasteiger partial charge on any atom is -0.450 e. The van der Waals surface area contributed by atoms with Crippen LogP contribution in [0.1, 0.15) is 44.8 Å². The van der Waals surface area contributed by atoms with Crippen LogP contribution >= 0.6 is 0 Å². The molecule has 3 N–H and O–H groups in total. The Balaban J connectivity index is 1.83. The van der Waals surface area contributed by atoms with E-state index in [2.05, 4.69) is 16.0 Å². The molecule has 0 aromatic carbocycles. The summed E-state index contributed by atoms with van der Waals surface area (Å²) < 4.78 is 9.82. The second kappa shape index (κ2) is 11.8. The Labute approximate surface area is 129 Å². The number of hydrogen-bond acceptors (Lipinski definition) is 6. The Morgan fingerprint density at radius 1 is 1.27 bits per heavy atom. The van der Waals surface area contributed by atoms with Crippen LogP contribution in [0.2, 0.25) is 0 Å². The third-order valence-corrected chi connectivity index (χ3v) is 2.85. The number of carbonyl (C=O) groups is 1. The minimum absolute atomic E-state index is 0.266. The smallest absolute Gasteiger partial charge is 0.407 e. The number of unbranched alkanes of at least 4 members (excludes halogenated alkanes) is 3. The molecule has 0 saturated carbocycles. The van der Waals surface area contributed by atoms with E-state index < -0.39 is 0 Å². The second-order valence-corrected chi connectivity index (χ2v) is 4.83. The molecule has 1 heterocycles. The molecule has 0 radical (unpaired) electrons. The average Bonchev–Trinajstić information content (AvgIpc) is 2.91. The van der Waals surface area contributed by atoms with Gasteiger partial charge in [-0.05, 0) is 25.7 Å². The van der Waals surface area contributed by atoms with Crippen LogP contribution in [0.4, 0.5) is 4.79 Å². The Bertz CT molecular complexity index is 457. The van der Waals surface area contributed by atoms with E-state index in [1.54, 1.807) is 0 Å². The standard InChI is InChI=1S/C14H25N3O5/c1-2-3-8-20-14(19)15-7-5-4-6-9-21-16-11-12-10-13(18)17-22-12/h10,16H,2-9,11H2,1H3,(H,15,19)(H,17,18). The van der Waals surface area contributed by atoms with Gasteiger partial charge >= 0.3 is 6.09 Å². The van der Waals surface area contributed by atoms with Gasteiger partial charge in [-0.15, -0.1) is 0 Å². The van der Waals surface area contributed by atoms with Crippen LogP contribution < -0.4 is 16.4 Å². The van der Waals surface area contributed by atoms with E-state index in [1.807, 2.05) is 6.92 Å². The van der Waals surface area contributed by atoms with Gasteiger partial charge in [0.1, 0.15) is 0 Å². The Morgan fingerprint density at radius 3 is 2.86 bits per heavy atom. The number of H-pyrrole nitrogens is 1. The summed E-state index contributed by atoms with van der Waals surface area (Å²) in [6.07, 6.45) is 4.24. The number of aromatic amines is 1. The zero-order valence-corrected chi connectivity index (χ0v) is 13.0. The van der Waals surface area contributed by atoms with E-state index in [-0.39, 0.29) is 11.7 Å². The van der Waals surface area contributed by atoms with Crippen molar-refractivity contribution in [1.29, 1.82) is 0 Å². The number of hydrogen-bond donors (Lipinski definition) is 3. The maximum Gasteiger partial charge on any atom is 0.407 e. The number of alkyl carbamates (subject to hydrolysis) is 1. The van der Waals surface area contributed by atoms with Gasteiger partial charge in [-0.25, -0.2) is 4.79 Å². The van der Waals surface area contributed by atoms with Gasteiger partial charge in [0.2, 0.25) is 0 Å². The molecule has 0 aliphatic rings. The molecule has 0 atom stereocenters. The highest BCUT2D eigenvalue weighted by atomic mass is 16.6. The molecule has 1 amide bonds. The lowest BCUT2D eigenvalue weighted by atomic mass is 10.2. The predicted octanol–water partition coefficient (Wildman–Crippen LogP) is 1.69. The first-order chi connectivity index (χ1) is 10.7. The maximum atomic E-state index is 11.2. The van der Waals surface area contributed by atoms with Crippen molar-refractivity contribution in [2.24, 2.45) is 0 Å². The molecule has 0 aliphatic carbocycles. The monoisotopic (exact) mass is 315 g/mol. The molecular weight excluding hydrogens is 290 g/mol. The normalized spacial score (nSPS) is 10.6. The summed E-state index contributed by atoms with van der Waals surface area (Å²) in [5.74, 6) is 0.496. The maximum absolute atomic E-state index is 11.2. The van der Waals surface area contributed by atoms with Crippen molar-refractivity contribution >= 4 is 6.09 Å². The molecule has 8 nitrogen and oxygen atoms in total. The predicted molar refractivity (Wildman–Crippen MR) is 80.2 cm³/mol. The number of aromatic nitrogens is 1. The van der Waals surface area contributed by atoms with Gasteiger partial charge < -0.3 is 19.4 Å². The SMILES string of the molecule is CCCCOC(=O)NCCCCCONCc1cc(=O)[nH]o1. The lowest BCUT2D eigenvalue weighted by Gasteiger charge is -2.06. The number of carbonyl (C=O) groups excluding carboxylic acids is 1. The van der Waals surface area contributed by atoms with Gasteiger partial charge in [0.15, 0.2) is 5.76 Å². The van der Waals surface area contributed by atoms with Crippen molar-refractivity contribution in [3.63, 3.8) is 0 Å². The van der Waals surface area contributed by atoms with Crippen LogP contribution in [0.25, 0.3) is 0 Å². The fraction of sp³-hybridized carbons (Fsp3) is 0.714. The van der Waals surface area contributed by atoms with Gasteiger partial charge in [0.25, 0.3) is 5.56 Å². The largest absolute Gasteiger partial charge is 0.450 e. The lowest BCUT2D eigenvalue weighted by molar-refractivity contribution is 0.0296. The molecule has 0 aliphatic heterocycles. The van der Waals surface area contributed by atoms with E-state index in [1.165, 1.54) is 6.07 Å². The van der Waals surface area contributed by atoms with Gasteiger partial charge in [-0.3, -0.25) is 4.79 Å².